The van der Waals surface area contributed by atoms with Crippen LogP contribution in [0.2, 0.25) is 0 Å². The van der Waals surface area contributed by atoms with Gasteiger partial charge in [-0.15, -0.1) is 11.3 Å². The summed E-state index contributed by atoms with van der Waals surface area (Å²) in [6.45, 7) is 0. The summed E-state index contributed by atoms with van der Waals surface area (Å²) >= 11 is 8.38. The maximum Gasteiger partial charge on any atom is 0.203 e. The highest BCUT2D eigenvalue weighted by Crippen LogP contribution is 2.30. The van der Waals surface area contributed by atoms with E-state index in [9.17, 15) is 4.79 Å². The van der Waals surface area contributed by atoms with Gasteiger partial charge in [0.1, 0.15) is 0 Å². The van der Waals surface area contributed by atoms with Crippen LogP contribution < -0.4 is 0 Å². The molecule has 94 valence electrons. The van der Waals surface area contributed by atoms with Crippen LogP contribution in [0, 0.1) is 0 Å². The Balaban J connectivity index is 2.21. The summed E-state index contributed by atoms with van der Waals surface area (Å²) in [6.07, 6.45) is 0. The molecule has 0 aliphatic heterocycles. The molecule has 2 aromatic carbocycles. The van der Waals surface area contributed by atoms with E-state index in [4.69, 9.17) is 0 Å². The molecular formula is C15H8Br2OS. The first-order valence-electron chi connectivity index (χ1n) is 5.64. The number of fused-ring (bicyclic) bond motifs is 1. The summed E-state index contributed by atoms with van der Waals surface area (Å²) in [7, 11) is 0. The Kier molecular flexibility index (Phi) is 3.56. The standard InChI is InChI=1S/C15H8Br2OS/c16-12-6-5-11(9-3-1-2-4-10(9)12)15(18)13-7-8-14(17)19-13/h1-8H. The molecule has 3 rings (SSSR count). The molecule has 0 aliphatic rings. The highest BCUT2D eigenvalue weighted by molar-refractivity contribution is 9.11. The minimum Gasteiger partial charge on any atom is -0.288 e. The maximum absolute atomic E-state index is 12.6. The lowest BCUT2D eigenvalue weighted by molar-refractivity contribution is 0.104. The van der Waals surface area contributed by atoms with Crippen LogP contribution in [0.25, 0.3) is 10.8 Å². The lowest BCUT2D eigenvalue weighted by Crippen LogP contribution is -1.99. The second-order valence-corrected chi connectivity index (χ2v) is 7.39. The van der Waals surface area contributed by atoms with Crippen molar-refractivity contribution in [3.8, 4) is 0 Å². The van der Waals surface area contributed by atoms with Crippen LogP contribution in [-0.4, -0.2) is 5.78 Å². The summed E-state index contributed by atoms with van der Waals surface area (Å²) in [4.78, 5) is 13.3. The molecule has 1 nitrogen and oxygen atoms in total. The summed E-state index contributed by atoms with van der Waals surface area (Å²) in [5.41, 5.74) is 0.744. The van der Waals surface area contributed by atoms with Crippen molar-refractivity contribution in [1.82, 2.24) is 0 Å². The van der Waals surface area contributed by atoms with E-state index < -0.39 is 0 Å². The highest BCUT2D eigenvalue weighted by atomic mass is 79.9. The Morgan fingerprint density at radius 3 is 2.32 bits per heavy atom. The maximum atomic E-state index is 12.6. The van der Waals surface area contributed by atoms with Crippen LogP contribution in [-0.2, 0) is 0 Å². The summed E-state index contributed by atoms with van der Waals surface area (Å²) in [6, 6.07) is 15.5. The molecule has 0 N–H and O–H groups in total. The molecule has 0 amide bonds. The lowest BCUT2D eigenvalue weighted by atomic mass is 10.0. The van der Waals surface area contributed by atoms with E-state index in [2.05, 4.69) is 31.9 Å². The molecule has 0 fully saturated rings. The van der Waals surface area contributed by atoms with Crippen LogP contribution in [0.5, 0.6) is 0 Å². The number of hydrogen-bond donors (Lipinski definition) is 0. The number of ketones is 1. The third-order valence-electron chi connectivity index (χ3n) is 2.91. The van der Waals surface area contributed by atoms with E-state index in [1.54, 1.807) is 0 Å². The van der Waals surface area contributed by atoms with Crippen LogP contribution in [0.1, 0.15) is 15.2 Å². The third-order valence-corrected chi connectivity index (χ3v) is 5.23. The Bertz CT molecular complexity index is 777. The quantitative estimate of drug-likeness (QED) is 0.512. The molecule has 0 bridgehead atoms. The van der Waals surface area contributed by atoms with Crippen LogP contribution in [0.3, 0.4) is 0 Å². The highest BCUT2D eigenvalue weighted by Gasteiger charge is 2.15. The molecule has 0 saturated carbocycles. The van der Waals surface area contributed by atoms with E-state index in [0.29, 0.717) is 0 Å². The number of rotatable bonds is 2. The van der Waals surface area contributed by atoms with Crippen molar-refractivity contribution in [2.75, 3.05) is 0 Å². The topological polar surface area (TPSA) is 17.1 Å². The Morgan fingerprint density at radius 2 is 1.63 bits per heavy atom. The van der Waals surface area contributed by atoms with Gasteiger partial charge in [0.05, 0.1) is 8.66 Å². The number of carbonyl (C=O) groups is 1. The smallest absolute Gasteiger partial charge is 0.203 e. The Hall–Kier alpha value is -0.970. The Labute approximate surface area is 131 Å². The van der Waals surface area contributed by atoms with Gasteiger partial charge in [0.2, 0.25) is 5.78 Å². The number of benzene rings is 2. The summed E-state index contributed by atoms with van der Waals surface area (Å²) < 4.78 is 1.98. The van der Waals surface area contributed by atoms with Crippen molar-refractivity contribution in [2.24, 2.45) is 0 Å². The van der Waals surface area contributed by atoms with Gasteiger partial charge in [-0.1, -0.05) is 40.2 Å². The van der Waals surface area contributed by atoms with Gasteiger partial charge in [0.15, 0.2) is 0 Å². The van der Waals surface area contributed by atoms with Gasteiger partial charge in [-0.2, -0.15) is 0 Å². The number of thiophene rings is 1. The van der Waals surface area contributed by atoms with Gasteiger partial charge in [-0.3, -0.25) is 4.79 Å². The number of halogens is 2. The predicted octanol–water partition coefficient (Wildman–Crippen LogP) is 5.66. The summed E-state index contributed by atoms with van der Waals surface area (Å²) in [5, 5.41) is 2.04. The summed E-state index contributed by atoms with van der Waals surface area (Å²) in [5.74, 6) is 0.0689. The SMILES string of the molecule is O=C(c1ccc(Br)s1)c1ccc(Br)c2ccccc12. The molecule has 0 spiro atoms. The molecule has 1 heterocycles. The van der Waals surface area contributed by atoms with Gasteiger partial charge in [0.25, 0.3) is 0 Å². The zero-order valence-electron chi connectivity index (χ0n) is 9.69. The second kappa shape index (κ2) is 5.19. The zero-order chi connectivity index (χ0) is 13.4. The first-order chi connectivity index (χ1) is 9.16. The van der Waals surface area contributed by atoms with E-state index in [0.717, 1.165) is 29.5 Å². The average molecular weight is 396 g/mol. The molecule has 19 heavy (non-hydrogen) atoms. The molecule has 0 atom stereocenters. The second-order valence-electron chi connectivity index (χ2n) is 4.07. The zero-order valence-corrected chi connectivity index (χ0v) is 13.7. The molecule has 1 aromatic heterocycles. The van der Waals surface area contributed by atoms with Crippen LogP contribution in [0.15, 0.2) is 56.8 Å². The molecule has 3 aromatic rings. The largest absolute Gasteiger partial charge is 0.288 e. The first kappa shape index (κ1) is 13.0. The number of carbonyl (C=O) groups excluding carboxylic acids is 1. The van der Waals surface area contributed by atoms with E-state index in [1.807, 2.05) is 48.5 Å². The van der Waals surface area contributed by atoms with E-state index >= 15 is 0 Å². The van der Waals surface area contributed by atoms with Gasteiger partial charge in [-0.05, 0) is 51.0 Å². The molecule has 0 aliphatic carbocycles. The minimum atomic E-state index is 0.0689. The fourth-order valence-corrected chi connectivity index (χ4v) is 3.85. The van der Waals surface area contributed by atoms with Gasteiger partial charge < -0.3 is 0 Å². The van der Waals surface area contributed by atoms with Crippen LogP contribution >= 0.6 is 43.2 Å². The van der Waals surface area contributed by atoms with Crippen molar-refractivity contribution in [3.63, 3.8) is 0 Å². The predicted molar refractivity (Wildman–Crippen MR) is 87.1 cm³/mol. The molecular weight excluding hydrogens is 388 g/mol. The third kappa shape index (κ3) is 2.40. The number of hydrogen-bond acceptors (Lipinski definition) is 2. The first-order valence-corrected chi connectivity index (χ1v) is 8.04. The molecule has 0 unspecified atom stereocenters. The average Bonchev–Trinajstić information content (AvgIpc) is 2.86. The lowest BCUT2D eigenvalue weighted by Gasteiger charge is -2.06. The van der Waals surface area contributed by atoms with Gasteiger partial charge in [-0.25, -0.2) is 0 Å². The normalized spacial score (nSPS) is 10.8. The van der Waals surface area contributed by atoms with Gasteiger partial charge >= 0.3 is 0 Å². The monoisotopic (exact) mass is 394 g/mol. The van der Waals surface area contributed by atoms with Crippen molar-refractivity contribution in [3.05, 3.63) is 67.2 Å². The van der Waals surface area contributed by atoms with Crippen LogP contribution in [0.4, 0.5) is 0 Å². The molecule has 0 saturated heterocycles. The van der Waals surface area contributed by atoms with Crippen molar-refractivity contribution < 1.29 is 4.79 Å². The molecule has 0 radical (unpaired) electrons. The van der Waals surface area contributed by atoms with E-state index in [-0.39, 0.29) is 5.78 Å². The van der Waals surface area contributed by atoms with E-state index in [1.165, 1.54) is 11.3 Å². The minimum absolute atomic E-state index is 0.0689. The fourth-order valence-electron chi connectivity index (χ4n) is 2.03. The van der Waals surface area contributed by atoms with Crippen molar-refractivity contribution >= 4 is 59.8 Å². The van der Waals surface area contributed by atoms with Gasteiger partial charge in [0, 0.05) is 10.0 Å². The molecule has 4 heteroatoms. The fraction of sp³-hybridized carbons (Fsp3) is 0. The Morgan fingerprint density at radius 1 is 0.895 bits per heavy atom. The van der Waals surface area contributed by atoms with Crippen molar-refractivity contribution in [1.29, 1.82) is 0 Å². The van der Waals surface area contributed by atoms with Crippen molar-refractivity contribution in [2.45, 2.75) is 0 Å².